The highest BCUT2D eigenvalue weighted by Crippen LogP contribution is 1.95. The Labute approximate surface area is 89.2 Å². The number of nitrogens with zero attached hydrogens (tertiary/aromatic N) is 1. The number of aromatic nitrogens is 1. The Bertz CT molecular complexity index is 324. The summed E-state index contributed by atoms with van der Waals surface area (Å²) < 4.78 is 0. The van der Waals surface area contributed by atoms with Crippen molar-refractivity contribution in [2.75, 3.05) is 0 Å². The maximum atomic E-state index is 11.4. The van der Waals surface area contributed by atoms with Crippen molar-refractivity contribution in [2.24, 2.45) is 5.73 Å². The fourth-order valence-corrected chi connectivity index (χ4v) is 1.11. The van der Waals surface area contributed by atoms with Gasteiger partial charge in [-0.1, -0.05) is 12.1 Å². The van der Waals surface area contributed by atoms with Crippen molar-refractivity contribution in [1.29, 1.82) is 0 Å². The summed E-state index contributed by atoms with van der Waals surface area (Å²) in [4.78, 5) is 15.3. The highest BCUT2D eigenvalue weighted by molar-refractivity contribution is 5.81. The molecule has 0 aromatic carbocycles. The van der Waals surface area contributed by atoms with Gasteiger partial charge in [0, 0.05) is 18.9 Å². The second-order valence-corrected chi connectivity index (χ2v) is 3.21. The molecule has 0 aliphatic rings. The maximum absolute atomic E-state index is 11.4. The van der Waals surface area contributed by atoms with Crippen molar-refractivity contribution < 1.29 is 4.79 Å². The first-order valence-electron chi connectivity index (χ1n) is 4.77. The zero-order chi connectivity index (χ0) is 11.1. The Hall–Kier alpha value is -1.68. The molecule has 0 saturated carbocycles. The van der Waals surface area contributed by atoms with Crippen LogP contribution < -0.4 is 11.1 Å². The molecule has 4 nitrogen and oxygen atoms in total. The van der Waals surface area contributed by atoms with E-state index in [-0.39, 0.29) is 5.91 Å². The Morgan fingerprint density at radius 1 is 1.73 bits per heavy atom. The minimum absolute atomic E-state index is 0.168. The van der Waals surface area contributed by atoms with Gasteiger partial charge in [-0.15, -0.1) is 6.58 Å². The third-order valence-electron chi connectivity index (χ3n) is 1.95. The number of carbonyl (C=O) groups is 1. The van der Waals surface area contributed by atoms with E-state index in [1.807, 2.05) is 12.1 Å². The summed E-state index contributed by atoms with van der Waals surface area (Å²) in [6.07, 6.45) is 5.52. The number of carbonyl (C=O) groups excluding carboxylic acids is 1. The number of pyridine rings is 1. The molecule has 0 bridgehead atoms. The van der Waals surface area contributed by atoms with Crippen LogP contribution in [0.1, 0.15) is 12.0 Å². The van der Waals surface area contributed by atoms with Crippen LogP contribution in [-0.4, -0.2) is 16.9 Å². The van der Waals surface area contributed by atoms with E-state index in [4.69, 9.17) is 5.73 Å². The molecule has 3 N–H and O–H groups in total. The summed E-state index contributed by atoms with van der Waals surface area (Å²) in [6, 6.07) is 3.21. The van der Waals surface area contributed by atoms with E-state index in [1.54, 1.807) is 18.5 Å². The number of nitrogens with one attached hydrogen (secondary N) is 1. The number of hydrogen-bond acceptors (Lipinski definition) is 3. The van der Waals surface area contributed by atoms with Crippen molar-refractivity contribution in [3.63, 3.8) is 0 Å². The Morgan fingerprint density at radius 3 is 3.13 bits per heavy atom. The highest BCUT2D eigenvalue weighted by Gasteiger charge is 2.10. The molecule has 0 fully saturated rings. The van der Waals surface area contributed by atoms with Gasteiger partial charge in [-0.2, -0.15) is 0 Å². The molecule has 0 aliphatic carbocycles. The second-order valence-electron chi connectivity index (χ2n) is 3.21. The van der Waals surface area contributed by atoms with E-state index >= 15 is 0 Å². The van der Waals surface area contributed by atoms with Crippen LogP contribution in [0.5, 0.6) is 0 Å². The fourth-order valence-electron chi connectivity index (χ4n) is 1.11. The first-order valence-corrected chi connectivity index (χ1v) is 4.77. The topological polar surface area (TPSA) is 68.0 Å². The van der Waals surface area contributed by atoms with Gasteiger partial charge in [0.1, 0.15) is 0 Å². The SMILES string of the molecule is C=CCC(N)C(=O)NCc1cccnc1. The zero-order valence-electron chi connectivity index (χ0n) is 8.52. The van der Waals surface area contributed by atoms with Gasteiger partial charge >= 0.3 is 0 Å². The van der Waals surface area contributed by atoms with Gasteiger partial charge in [0.05, 0.1) is 6.04 Å². The van der Waals surface area contributed by atoms with E-state index in [9.17, 15) is 4.79 Å². The Kier molecular flexibility index (Phi) is 4.50. The predicted octanol–water partition coefficient (Wildman–Crippen LogP) is 0.601. The molecule has 1 aromatic heterocycles. The summed E-state index contributed by atoms with van der Waals surface area (Å²) in [5.41, 5.74) is 6.55. The molecule has 1 heterocycles. The molecule has 80 valence electrons. The van der Waals surface area contributed by atoms with E-state index < -0.39 is 6.04 Å². The van der Waals surface area contributed by atoms with Gasteiger partial charge in [0.15, 0.2) is 0 Å². The zero-order valence-corrected chi connectivity index (χ0v) is 8.52. The molecule has 0 aliphatic heterocycles. The van der Waals surface area contributed by atoms with Gasteiger partial charge in [0.2, 0.25) is 5.91 Å². The van der Waals surface area contributed by atoms with Crippen LogP contribution in [0.2, 0.25) is 0 Å². The molecule has 1 unspecified atom stereocenters. The first-order chi connectivity index (χ1) is 7.24. The van der Waals surface area contributed by atoms with Crippen LogP contribution in [0, 0.1) is 0 Å². The predicted molar refractivity (Wildman–Crippen MR) is 58.9 cm³/mol. The van der Waals surface area contributed by atoms with Gasteiger partial charge in [-0.3, -0.25) is 9.78 Å². The van der Waals surface area contributed by atoms with Gasteiger partial charge in [0.25, 0.3) is 0 Å². The number of amides is 1. The molecule has 0 saturated heterocycles. The molecular weight excluding hydrogens is 190 g/mol. The second kappa shape index (κ2) is 5.93. The highest BCUT2D eigenvalue weighted by atomic mass is 16.2. The van der Waals surface area contributed by atoms with E-state index in [0.29, 0.717) is 13.0 Å². The quantitative estimate of drug-likeness (QED) is 0.692. The van der Waals surface area contributed by atoms with Crippen molar-refractivity contribution >= 4 is 5.91 Å². The largest absolute Gasteiger partial charge is 0.351 e. The van der Waals surface area contributed by atoms with Crippen LogP contribution in [0.4, 0.5) is 0 Å². The third-order valence-corrected chi connectivity index (χ3v) is 1.95. The van der Waals surface area contributed by atoms with E-state index in [2.05, 4.69) is 16.9 Å². The van der Waals surface area contributed by atoms with Gasteiger partial charge < -0.3 is 11.1 Å². The molecular formula is C11H15N3O. The third kappa shape index (κ3) is 3.91. The summed E-state index contributed by atoms with van der Waals surface area (Å²) in [5.74, 6) is -0.168. The summed E-state index contributed by atoms with van der Waals surface area (Å²) in [7, 11) is 0. The molecule has 4 heteroatoms. The van der Waals surface area contributed by atoms with Crippen molar-refractivity contribution in [3.05, 3.63) is 42.7 Å². The summed E-state index contributed by atoms with van der Waals surface area (Å²) in [5, 5.41) is 2.73. The van der Waals surface area contributed by atoms with Crippen LogP contribution in [-0.2, 0) is 11.3 Å². The van der Waals surface area contributed by atoms with Crippen LogP contribution in [0.3, 0.4) is 0 Å². The Morgan fingerprint density at radius 2 is 2.53 bits per heavy atom. The van der Waals surface area contributed by atoms with Gasteiger partial charge in [-0.05, 0) is 18.1 Å². The van der Waals surface area contributed by atoms with Crippen LogP contribution >= 0.6 is 0 Å². The Balaban J connectivity index is 2.37. The monoisotopic (exact) mass is 205 g/mol. The standard InChI is InChI=1S/C11H15N3O/c1-2-4-10(12)11(15)14-8-9-5-3-6-13-7-9/h2-3,5-7,10H,1,4,8,12H2,(H,14,15). The summed E-state index contributed by atoms with van der Waals surface area (Å²) in [6.45, 7) is 3.99. The minimum Gasteiger partial charge on any atom is -0.351 e. The fraction of sp³-hybridized carbons (Fsp3) is 0.273. The number of hydrogen-bond donors (Lipinski definition) is 2. The molecule has 0 radical (unpaired) electrons. The molecule has 0 spiro atoms. The number of rotatable bonds is 5. The summed E-state index contributed by atoms with van der Waals surface area (Å²) >= 11 is 0. The minimum atomic E-state index is -0.515. The van der Waals surface area contributed by atoms with E-state index in [0.717, 1.165) is 5.56 Å². The van der Waals surface area contributed by atoms with E-state index in [1.165, 1.54) is 0 Å². The lowest BCUT2D eigenvalue weighted by Crippen LogP contribution is -2.39. The lowest BCUT2D eigenvalue weighted by molar-refractivity contribution is -0.122. The molecule has 1 amide bonds. The molecule has 1 aromatic rings. The van der Waals surface area contributed by atoms with Crippen molar-refractivity contribution in [2.45, 2.75) is 19.0 Å². The van der Waals surface area contributed by atoms with Crippen molar-refractivity contribution in [1.82, 2.24) is 10.3 Å². The lowest BCUT2D eigenvalue weighted by Gasteiger charge is -2.09. The van der Waals surface area contributed by atoms with Crippen LogP contribution in [0.15, 0.2) is 37.2 Å². The normalized spacial score (nSPS) is 11.8. The van der Waals surface area contributed by atoms with Gasteiger partial charge in [-0.25, -0.2) is 0 Å². The number of nitrogens with two attached hydrogens (primary N) is 1. The average molecular weight is 205 g/mol. The smallest absolute Gasteiger partial charge is 0.237 e. The average Bonchev–Trinajstić information content (AvgIpc) is 2.27. The maximum Gasteiger partial charge on any atom is 0.237 e. The first kappa shape index (κ1) is 11.4. The molecule has 15 heavy (non-hydrogen) atoms. The van der Waals surface area contributed by atoms with Crippen LogP contribution in [0.25, 0.3) is 0 Å². The van der Waals surface area contributed by atoms with Crippen molar-refractivity contribution in [3.8, 4) is 0 Å². The molecule has 1 rings (SSSR count). The lowest BCUT2D eigenvalue weighted by atomic mass is 10.2. The molecule has 1 atom stereocenters.